The minimum Gasteiger partial charge on any atom is -0.455 e. The Balaban J connectivity index is 1.44. The van der Waals surface area contributed by atoms with Gasteiger partial charge in [-0.2, -0.15) is 0 Å². The van der Waals surface area contributed by atoms with E-state index in [2.05, 4.69) is 0 Å². The largest absolute Gasteiger partial charge is 0.455 e. The summed E-state index contributed by atoms with van der Waals surface area (Å²) in [5, 5.41) is 0.634. The molecule has 2 aromatic rings. The van der Waals surface area contributed by atoms with Crippen LogP contribution in [0.5, 0.6) is 0 Å². The van der Waals surface area contributed by atoms with Gasteiger partial charge in [0, 0.05) is 16.8 Å². The lowest BCUT2D eigenvalue weighted by Crippen LogP contribution is -2.39. The van der Waals surface area contributed by atoms with Gasteiger partial charge in [-0.25, -0.2) is 0 Å². The van der Waals surface area contributed by atoms with Gasteiger partial charge >= 0.3 is 5.97 Å². The SMILES string of the molecule is C[C@@H]1Cc2ccccc2N1C(=O)COC(=O)C1(c2ccc(Cl)cc2)CC1. The second kappa shape index (κ2) is 6.44. The Morgan fingerprint density at radius 1 is 1.15 bits per heavy atom. The van der Waals surface area contributed by atoms with Gasteiger partial charge in [0.1, 0.15) is 0 Å². The highest BCUT2D eigenvalue weighted by Crippen LogP contribution is 2.49. The van der Waals surface area contributed by atoms with Crippen molar-refractivity contribution in [3.8, 4) is 0 Å². The molecular weight excluding hydrogens is 350 g/mol. The van der Waals surface area contributed by atoms with Crippen LogP contribution in [0.4, 0.5) is 5.69 Å². The minimum absolute atomic E-state index is 0.0738. The third-order valence-electron chi connectivity index (χ3n) is 5.34. The van der Waals surface area contributed by atoms with Gasteiger partial charge in [0.25, 0.3) is 5.91 Å². The first-order chi connectivity index (χ1) is 12.5. The van der Waals surface area contributed by atoms with Crippen molar-refractivity contribution in [2.75, 3.05) is 11.5 Å². The van der Waals surface area contributed by atoms with Crippen LogP contribution in [-0.4, -0.2) is 24.5 Å². The molecule has 0 unspecified atom stereocenters. The van der Waals surface area contributed by atoms with E-state index < -0.39 is 5.41 Å². The molecule has 2 aromatic carbocycles. The van der Waals surface area contributed by atoms with Crippen LogP contribution in [-0.2, 0) is 26.2 Å². The molecule has 2 aliphatic rings. The van der Waals surface area contributed by atoms with Crippen molar-refractivity contribution in [2.45, 2.75) is 37.6 Å². The molecule has 1 aliphatic carbocycles. The first-order valence-electron chi connectivity index (χ1n) is 8.84. The summed E-state index contributed by atoms with van der Waals surface area (Å²) in [6.07, 6.45) is 2.31. The number of halogens is 1. The van der Waals surface area contributed by atoms with Crippen molar-refractivity contribution >= 4 is 29.2 Å². The minimum atomic E-state index is -0.612. The van der Waals surface area contributed by atoms with Crippen LogP contribution in [0.3, 0.4) is 0 Å². The number of fused-ring (bicyclic) bond motifs is 1. The predicted molar refractivity (Wildman–Crippen MR) is 100 cm³/mol. The average Bonchev–Trinajstić information content (AvgIpc) is 3.37. The molecule has 4 rings (SSSR count). The van der Waals surface area contributed by atoms with Gasteiger partial charge in [0.15, 0.2) is 6.61 Å². The number of amides is 1. The summed E-state index contributed by atoms with van der Waals surface area (Å²) in [5.74, 6) is -0.504. The molecule has 4 nitrogen and oxygen atoms in total. The van der Waals surface area contributed by atoms with Crippen molar-refractivity contribution in [1.29, 1.82) is 0 Å². The van der Waals surface area contributed by atoms with E-state index in [4.69, 9.17) is 16.3 Å². The molecule has 1 saturated carbocycles. The lowest BCUT2D eigenvalue weighted by Gasteiger charge is -2.23. The lowest BCUT2D eigenvalue weighted by atomic mass is 9.96. The van der Waals surface area contributed by atoms with Crippen LogP contribution in [0.2, 0.25) is 5.02 Å². The summed E-state index contributed by atoms with van der Waals surface area (Å²) in [6, 6.07) is 15.2. The Bertz CT molecular complexity index is 858. The fraction of sp³-hybridized carbons (Fsp3) is 0.333. The van der Waals surface area contributed by atoms with Gasteiger partial charge in [-0.3, -0.25) is 9.59 Å². The average molecular weight is 370 g/mol. The number of hydrogen-bond donors (Lipinski definition) is 0. The second-order valence-electron chi connectivity index (χ2n) is 7.11. The van der Waals surface area contributed by atoms with E-state index in [1.165, 1.54) is 0 Å². The van der Waals surface area contributed by atoms with Gasteiger partial charge in [0.2, 0.25) is 0 Å². The predicted octanol–water partition coefficient (Wildman–Crippen LogP) is 3.89. The standard InChI is InChI=1S/C21H20ClNO3/c1-14-12-15-4-2-3-5-18(15)23(14)19(24)13-26-20(25)21(10-11-21)16-6-8-17(22)9-7-16/h2-9,14H,10-13H2,1H3/t14-/m1/s1. The maximum Gasteiger partial charge on any atom is 0.317 e. The Morgan fingerprint density at radius 2 is 1.85 bits per heavy atom. The maximum absolute atomic E-state index is 12.7. The molecule has 0 aromatic heterocycles. The number of carbonyl (C=O) groups excluding carboxylic acids is 2. The number of para-hydroxylation sites is 1. The maximum atomic E-state index is 12.7. The zero-order valence-corrected chi connectivity index (χ0v) is 15.3. The van der Waals surface area contributed by atoms with E-state index >= 15 is 0 Å². The zero-order valence-electron chi connectivity index (χ0n) is 14.6. The van der Waals surface area contributed by atoms with Crippen molar-refractivity contribution < 1.29 is 14.3 Å². The van der Waals surface area contributed by atoms with E-state index in [-0.39, 0.29) is 24.5 Å². The fourth-order valence-electron chi connectivity index (χ4n) is 3.79. The molecular formula is C21H20ClNO3. The summed E-state index contributed by atoms with van der Waals surface area (Å²) < 4.78 is 5.43. The van der Waals surface area contributed by atoms with Gasteiger partial charge < -0.3 is 9.64 Å². The smallest absolute Gasteiger partial charge is 0.317 e. The molecule has 5 heteroatoms. The quantitative estimate of drug-likeness (QED) is 0.768. The number of anilines is 1. The van der Waals surface area contributed by atoms with Crippen molar-refractivity contribution in [1.82, 2.24) is 0 Å². The highest BCUT2D eigenvalue weighted by Gasteiger charge is 2.53. The Kier molecular flexibility index (Phi) is 4.23. The monoisotopic (exact) mass is 369 g/mol. The molecule has 1 fully saturated rings. The van der Waals surface area contributed by atoms with Crippen molar-refractivity contribution in [2.24, 2.45) is 0 Å². The molecule has 1 aliphatic heterocycles. The first-order valence-corrected chi connectivity index (χ1v) is 9.22. The summed E-state index contributed by atoms with van der Waals surface area (Å²) in [4.78, 5) is 27.1. The summed E-state index contributed by atoms with van der Waals surface area (Å²) in [6.45, 7) is 1.78. The molecule has 134 valence electrons. The van der Waals surface area contributed by atoms with E-state index in [1.807, 2.05) is 43.3 Å². The summed E-state index contributed by atoms with van der Waals surface area (Å²) in [5.41, 5.74) is 2.36. The molecule has 1 amide bonds. The molecule has 26 heavy (non-hydrogen) atoms. The highest BCUT2D eigenvalue weighted by atomic mass is 35.5. The number of ether oxygens (including phenoxy) is 1. The fourth-order valence-corrected chi connectivity index (χ4v) is 3.91. The molecule has 1 heterocycles. The number of rotatable bonds is 4. The topological polar surface area (TPSA) is 46.6 Å². The van der Waals surface area contributed by atoms with E-state index in [1.54, 1.807) is 17.0 Å². The zero-order chi connectivity index (χ0) is 18.3. The Labute approximate surface area is 157 Å². The Hall–Kier alpha value is -2.33. The normalized spacial score (nSPS) is 19.8. The number of hydrogen-bond acceptors (Lipinski definition) is 3. The highest BCUT2D eigenvalue weighted by molar-refractivity contribution is 6.30. The molecule has 0 N–H and O–H groups in total. The van der Waals surface area contributed by atoms with Gasteiger partial charge in [-0.15, -0.1) is 0 Å². The van der Waals surface area contributed by atoms with Crippen LogP contribution >= 0.6 is 11.6 Å². The molecule has 0 saturated heterocycles. The number of carbonyl (C=O) groups is 2. The van der Waals surface area contributed by atoms with Crippen LogP contribution in [0.25, 0.3) is 0 Å². The molecule has 0 radical (unpaired) electrons. The number of esters is 1. The Morgan fingerprint density at radius 3 is 2.54 bits per heavy atom. The van der Waals surface area contributed by atoms with Crippen LogP contribution < -0.4 is 4.90 Å². The van der Waals surface area contributed by atoms with E-state index in [0.717, 1.165) is 36.1 Å². The first kappa shape index (κ1) is 17.1. The van der Waals surface area contributed by atoms with Crippen LogP contribution in [0, 0.1) is 0 Å². The van der Waals surface area contributed by atoms with Crippen LogP contribution in [0.15, 0.2) is 48.5 Å². The second-order valence-corrected chi connectivity index (χ2v) is 7.55. The molecule has 1 atom stereocenters. The third kappa shape index (κ3) is 2.88. The molecule has 0 bridgehead atoms. The van der Waals surface area contributed by atoms with Gasteiger partial charge in [-0.05, 0) is 55.5 Å². The lowest BCUT2D eigenvalue weighted by molar-refractivity contribution is -0.150. The summed E-state index contributed by atoms with van der Waals surface area (Å²) >= 11 is 5.93. The number of nitrogens with zero attached hydrogens (tertiary/aromatic N) is 1. The van der Waals surface area contributed by atoms with Gasteiger partial charge in [-0.1, -0.05) is 41.9 Å². The number of benzene rings is 2. The molecule has 0 spiro atoms. The van der Waals surface area contributed by atoms with Crippen molar-refractivity contribution in [3.63, 3.8) is 0 Å². The van der Waals surface area contributed by atoms with Crippen LogP contribution in [0.1, 0.15) is 30.9 Å². The summed E-state index contributed by atoms with van der Waals surface area (Å²) in [7, 11) is 0. The van der Waals surface area contributed by atoms with E-state index in [0.29, 0.717) is 5.02 Å². The third-order valence-corrected chi connectivity index (χ3v) is 5.59. The van der Waals surface area contributed by atoms with E-state index in [9.17, 15) is 9.59 Å². The van der Waals surface area contributed by atoms with Crippen molar-refractivity contribution in [3.05, 3.63) is 64.7 Å². The van der Waals surface area contributed by atoms with Gasteiger partial charge in [0.05, 0.1) is 5.41 Å².